The average molecular weight is 384 g/mol. The van der Waals surface area contributed by atoms with Crippen LogP contribution >= 0.6 is 23.5 Å². The summed E-state index contributed by atoms with van der Waals surface area (Å²) in [4.78, 5) is 41.8. The molecule has 140 valence electrons. The monoisotopic (exact) mass is 384 g/mol. The van der Waals surface area contributed by atoms with Crippen LogP contribution in [0.5, 0.6) is 0 Å². The van der Waals surface area contributed by atoms with Crippen LogP contribution in [0.1, 0.15) is 26.7 Å². The average Bonchev–Trinajstić information content (AvgIpc) is 2.50. The number of methoxy groups -OCH3 is 2. The summed E-state index contributed by atoms with van der Waals surface area (Å²) in [5.41, 5.74) is 0. The number of hydrogen-bond acceptors (Lipinski definition) is 8. The molecule has 0 saturated heterocycles. The van der Waals surface area contributed by atoms with Crippen LogP contribution in [0.4, 0.5) is 0 Å². The Labute approximate surface area is 149 Å². The van der Waals surface area contributed by atoms with Crippen molar-refractivity contribution in [2.24, 2.45) is 0 Å². The van der Waals surface area contributed by atoms with Crippen LogP contribution in [0.2, 0.25) is 0 Å². The van der Waals surface area contributed by atoms with Gasteiger partial charge in [0.25, 0.3) is 0 Å². The second-order valence-corrected chi connectivity index (χ2v) is 7.59. The van der Waals surface area contributed by atoms with E-state index in [4.69, 9.17) is 10.2 Å². The lowest BCUT2D eigenvalue weighted by molar-refractivity contribution is -0.140. The van der Waals surface area contributed by atoms with Gasteiger partial charge >= 0.3 is 23.9 Å². The zero-order chi connectivity index (χ0) is 19.2. The van der Waals surface area contributed by atoms with Crippen molar-refractivity contribution in [2.45, 2.75) is 31.4 Å². The van der Waals surface area contributed by atoms with Crippen LogP contribution in [-0.4, -0.2) is 70.3 Å². The van der Waals surface area contributed by atoms with Gasteiger partial charge in [-0.05, 0) is 13.8 Å². The molecule has 0 aliphatic rings. The fourth-order valence-corrected chi connectivity index (χ4v) is 2.58. The molecule has 0 aromatic heterocycles. The molecular weight excluding hydrogens is 360 g/mol. The molecule has 0 unspecified atom stereocenters. The van der Waals surface area contributed by atoms with E-state index >= 15 is 0 Å². The Kier molecular flexibility index (Phi) is 14.4. The molecule has 0 aliphatic carbocycles. The molecule has 0 saturated carbocycles. The predicted molar refractivity (Wildman–Crippen MR) is 92.4 cm³/mol. The summed E-state index contributed by atoms with van der Waals surface area (Å²) in [6, 6.07) is 0. The summed E-state index contributed by atoms with van der Waals surface area (Å²) in [6.07, 6.45) is 0.333. The molecule has 10 heteroatoms. The first-order valence-electron chi connectivity index (χ1n) is 6.87. The van der Waals surface area contributed by atoms with E-state index < -0.39 is 16.7 Å². The molecule has 0 bridgehead atoms. The topological polar surface area (TPSA) is 127 Å². The summed E-state index contributed by atoms with van der Waals surface area (Å²) >= 11 is 2.49. The summed E-state index contributed by atoms with van der Waals surface area (Å²) in [5, 5.41) is 16.9. The third kappa shape index (κ3) is 15.5. The van der Waals surface area contributed by atoms with Crippen LogP contribution in [0.3, 0.4) is 0 Å². The highest BCUT2D eigenvalue weighted by molar-refractivity contribution is 8.01. The van der Waals surface area contributed by atoms with Crippen molar-refractivity contribution in [3.05, 3.63) is 0 Å². The van der Waals surface area contributed by atoms with E-state index in [0.717, 1.165) is 11.8 Å². The fraction of sp³-hybridized carbons (Fsp3) is 0.714. The van der Waals surface area contributed by atoms with Crippen LogP contribution in [0.25, 0.3) is 0 Å². The number of rotatable bonds is 10. The molecule has 0 heterocycles. The first-order chi connectivity index (χ1) is 11.1. The highest BCUT2D eigenvalue weighted by atomic mass is 32.2. The van der Waals surface area contributed by atoms with E-state index in [9.17, 15) is 19.2 Å². The Morgan fingerprint density at radius 2 is 1.46 bits per heavy atom. The Morgan fingerprint density at radius 3 is 1.88 bits per heavy atom. The number of hydrogen-bond donors (Lipinski definition) is 2. The maximum Gasteiger partial charge on any atom is 0.319 e. The second kappa shape index (κ2) is 14.0. The quantitative estimate of drug-likeness (QED) is 0.422. The Bertz CT molecular complexity index is 405. The number of carboxylic acid groups (broad SMARTS) is 2. The van der Waals surface area contributed by atoms with Crippen molar-refractivity contribution in [1.29, 1.82) is 0 Å². The van der Waals surface area contributed by atoms with Crippen LogP contribution < -0.4 is 0 Å². The van der Waals surface area contributed by atoms with Crippen LogP contribution in [0, 0.1) is 0 Å². The zero-order valence-electron chi connectivity index (χ0n) is 14.2. The van der Waals surface area contributed by atoms with Gasteiger partial charge in [0, 0.05) is 11.5 Å². The smallest absolute Gasteiger partial charge is 0.319 e. The lowest BCUT2D eigenvalue weighted by Gasteiger charge is -2.17. The summed E-state index contributed by atoms with van der Waals surface area (Å²) in [6.45, 7) is 3.11. The highest BCUT2D eigenvalue weighted by Gasteiger charge is 2.27. The zero-order valence-corrected chi connectivity index (χ0v) is 15.8. The van der Waals surface area contributed by atoms with E-state index in [2.05, 4.69) is 9.47 Å². The number of aliphatic carboxylic acids is 2. The number of esters is 2. The lowest BCUT2D eigenvalue weighted by Crippen LogP contribution is -2.27. The second-order valence-electron chi connectivity index (χ2n) is 4.76. The molecular formula is C14H24O8S2. The Balaban J connectivity index is 0. The summed E-state index contributed by atoms with van der Waals surface area (Å²) < 4.78 is 7.93. The van der Waals surface area contributed by atoms with Gasteiger partial charge in [0.05, 0.1) is 32.8 Å². The lowest BCUT2D eigenvalue weighted by atomic mass is 10.2. The first kappa shape index (κ1) is 24.8. The van der Waals surface area contributed by atoms with Gasteiger partial charge in [-0.15, -0.1) is 23.5 Å². The van der Waals surface area contributed by atoms with Crippen molar-refractivity contribution < 1.29 is 38.9 Å². The molecule has 0 amide bonds. The van der Waals surface area contributed by atoms with Gasteiger partial charge in [-0.2, -0.15) is 0 Å². The number of carbonyl (C=O) groups is 4. The van der Waals surface area contributed by atoms with Gasteiger partial charge in [0.1, 0.15) is 4.75 Å². The van der Waals surface area contributed by atoms with Gasteiger partial charge in [-0.25, -0.2) is 0 Å². The number of ether oxygens (including phenoxy) is 2. The van der Waals surface area contributed by atoms with E-state index in [0.29, 0.717) is 17.9 Å². The SMILES string of the molecule is CC(C)(SCCC(=O)O)C(=O)O.COC(=O)CCSCC(=O)OC. The van der Waals surface area contributed by atoms with Crippen molar-refractivity contribution in [2.75, 3.05) is 31.5 Å². The third-order valence-electron chi connectivity index (χ3n) is 2.42. The molecule has 0 aliphatic heterocycles. The molecule has 0 rings (SSSR count). The highest BCUT2D eigenvalue weighted by Crippen LogP contribution is 2.24. The minimum atomic E-state index is -0.919. The van der Waals surface area contributed by atoms with E-state index in [1.54, 1.807) is 13.8 Å². The number of carboxylic acids is 2. The molecule has 0 atom stereocenters. The van der Waals surface area contributed by atoms with Gasteiger partial charge in [0.2, 0.25) is 0 Å². The molecule has 2 N–H and O–H groups in total. The van der Waals surface area contributed by atoms with Crippen LogP contribution in [0.15, 0.2) is 0 Å². The third-order valence-corrected chi connectivity index (χ3v) is 4.66. The molecule has 0 fully saturated rings. The molecule has 0 aromatic rings. The minimum Gasteiger partial charge on any atom is -0.481 e. The van der Waals surface area contributed by atoms with Gasteiger partial charge < -0.3 is 19.7 Å². The Morgan fingerprint density at radius 1 is 0.917 bits per heavy atom. The molecule has 0 spiro atoms. The summed E-state index contributed by atoms with van der Waals surface area (Å²) in [7, 11) is 2.68. The number of thioether (sulfide) groups is 2. The standard InChI is InChI=1S/2C7H12O4S/c1-10-6(8)3-4-12-5-7(9)11-2;1-7(2,6(10)11)12-4-3-5(8)9/h3-5H2,1-2H3;3-4H2,1-2H3,(H,8,9)(H,10,11). The summed E-state index contributed by atoms with van der Waals surface area (Å²) in [5.74, 6) is -1.15. The van der Waals surface area contributed by atoms with Crippen molar-refractivity contribution in [3.63, 3.8) is 0 Å². The largest absolute Gasteiger partial charge is 0.481 e. The van der Waals surface area contributed by atoms with E-state index in [1.165, 1.54) is 26.0 Å². The number of carbonyl (C=O) groups excluding carboxylic acids is 2. The van der Waals surface area contributed by atoms with Gasteiger partial charge in [-0.1, -0.05) is 0 Å². The Hall–Kier alpha value is -1.42. The van der Waals surface area contributed by atoms with E-state index in [1.807, 2.05) is 0 Å². The van der Waals surface area contributed by atoms with Gasteiger partial charge in [0.15, 0.2) is 0 Å². The fourth-order valence-electron chi connectivity index (χ4n) is 0.927. The van der Waals surface area contributed by atoms with Crippen LogP contribution in [-0.2, 0) is 28.7 Å². The normalized spacial score (nSPS) is 10.2. The van der Waals surface area contributed by atoms with Crippen molar-refractivity contribution >= 4 is 47.4 Å². The van der Waals surface area contributed by atoms with Crippen molar-refractivity contribution in [3.8, 4) is 0 Å². The molecule has 0 radical (unpaired) electrons. The van der Waals surface area contributed by atoms with Crippen molar-refractivity contribution in [1.82, 2.24) is 0 Å². The molecule has 24 heavy (non-hydrogen) atoms. The molecule has 8 nitrogen and oxygen atoms in total. The van der Waals surface area contributed by atoms with Gasteiger partial charge in [-0.3, -0.25) is 19.2 Å². The minimum absolute atomic E-state index is 0.00137. The van der Waals surface area contributed by atoms with E-state index in [-0.39, 0.29) is 24.1 Å². The maximum atomic E-state index is 10.6. The maximum absolute atomic E-state index is 10.6. The predicted octanol–water partition coefficient (Wildman–Crippen LogP) is 1.51. The molecule has 0 aromatic carbocycles. The first-order valence-corrected chi connectivity index (χ1v) is 9.01.